The minimum Gasteiger partial charge on any atom is -0.460 e. The van der Waals surface area contributed by atoms with Gasteiger partial charge in [0, 0.05) is 39.1 Å². The lowest BCUT2D eigenvalue weighted by molar-refractivity contribution is -0.157. The van der Waals surface area contributed by atoms with E-state index < -0.39 is 23.8 Å². The number of nitrogens with zero attached hydrogens (tertiary/aromatic N) is 1. The predicted octanol–water partition coefficient (Wildman–Crippen LogP) is 6.51. The molecule has 2 atom stereocenters. The average Bonchev–Trinajstić information content (AvgIpc) is 3.05. The third kappa shape index (κ3) is 6.59. The van der Waals surface area contributed by atoms with Crippen LogP contribution in [0.5, 0.6) is 0 Å². The summed E-state index contributed by atoms with van der Waals surface area (Å²) in [5.41, 5.74) is 3.67. The number of esters is 1. The zero-order valence-electron chi connectivity index (χ0n) is 20.5. The molecule has 0 aliphatic carbocycles. The second-order valence-electron chi connectivity index (χ2n) is 9.85. The van der Waals surface area contributed by atoms with Crippen LogP contribution < -0.4 is 0 Å². The van der Waals surface area contributed by atoms with Gasteiger partial charge >= 0.3 is 5.97 Å². The number of hydrogen-bond acceptors (Lipinski definition) is 4. The molecule has 0 saturated heterocycles. The number of benzene rings is 2. The molecule has 5 nitrogen and oxygen atoms in total. The molecule has 0 fully saturated rings. The van der Waals surface area contributed by atoms with Gasteiger partial charge in [-0.1, -0.05) is 52.3 Å². The average molecular weight is 528 g/mol. The Kier molecular flexibility index (Phi) is 8.39. The van der Waals surface area contributed by atoms with Crippen molar-refractivity contribution >= 4 is 38.9 Å². The summed E-state index contributed by atoms with van der Waals surface area (Å²) in [6, 6.07) is 16.7. The molecule has 0 aliphatic heterocycles. The molecule has 2 N–H and O–H groups in total. The molecule has 182 valence electrons. The first-order chi connectivity index (χ1) is 16.0. The monoisotopic (exact) mass is 527 g/mol. The van der Waals surface area contributed by atoms with Crippen LogP contribution in [0, 0.1) is 0 Å². The van der Waals surface area contributed by atoms with Crippen molar-refractivity contribution < 1.29 is 19.7 Å². The summed E-state index contributed by atoms with van der Waals surface area (Å²) in [4.78, 5) is 12.0. The minimum atomic E-state index is -0.989. The lowest BCUT2D eigenvalue weighted by Gasteiger charge is -2.21. The van der Waals surface area contributed by atoms with Crippen LogP contribution in [-0.4, -0.2) is 38.6 Å². The van der Waals surface area contributed by atoms with Crippen molar-refractivity contribution in [3.63, 3.8) is 0 Å². The molecule has 0 radical (unpaired) electrons. The SMILES string of the molecule is CC(C)n1c(/C=C/[C@@H](O)C[C@@H](O)CC(=O)OC(C)(C)C)c(-c2ccc(Br)cc2)c2ccccc21. The minimum absolute atomic E-state index is 0.0469. The highest BCUT2D eigenvalue weighted by molar-refractivity contribution is 9.10. The number of ether oxygens (including phenoxy) is 1. The summed E-state index contributed by atoms with van der Waals surface area (Å²) in [6.07, 6.45) is 1.60. The molecule has 3 rings (SSSR count). The van der Waals surface area contributed by atoms with Gasteiger partial charge in [0.1, 0.15) is 5.60 Å². The first-order valence-corrected chi connectivity index (χ1v) is 12.4. The summed E-state index contributed by atoms with van der Waals surface area (Å²) in [7, 11) is 0. The molecule has 0 spiro atoms. The van der Waals surface area contributed by atoms with Gasteiger partial charge in [-0.25, -0.2) is 0 Å². The predicted molar refractivity (Wildman–Crippen MR) is 142 cm³/mol. The molecule has 0 unspecified atom stereocenters. The van der Waals surface area contributed by atoms with E-state index in [1.165, 1.54) is 0 Å². The molecule has 2 aromatic carbocycles. The van der Waals surface area contributed by atoms with Crippen molar-refractivity contribution in [3.05, 3.63) is 64.8 Å². The Balaban J connectivity index is 1.91. The zero-order chi connectivity index (χ0) is 25.0. The van der Waals surface area contributed by atoms with Crippen LogP contribution in [0.4, 0.5) is 0 Å². The lowest BCUT2D eigenvalue weighted by Crippen LogP contribution is -2.27. The smallest absolute Gasteiger partial charge is 0.308 e. The Hall–Kier alpha value is -2.41. The number of fused-ring (bicyclic) bond motifs is 1. The van der Waals surface area contributed by atoms with Gasteiger partial charge < -0.3 is 19.5 Å². The number of halogens is 1. The summed E-state index contributed by atoms with van der Waals surface area (Å²) in [6.45, 7) is 9.62. The number of carbonyl (C=O) groups is 1. The van der Waals surface area contributed by atoms with Crippen LogP contribution in [0.2, 0.25) is 0 Å². The second-order valence-corrected chi connectivity index (χ2v) is 10.8. The number of aliphatic hydroxyl groups is 2. The highest BCUT2D eigenvalue weighted by Gasteiger charge is 2.22. The standard InChI is InChI=1S/C28H34BrNO4/c1-18(2)30-24-9-7-6-8-23(24)27(19-10-12-20(29)13-11-19)25(30)15-14-21(31)16-22(32)17-26(33)34-28(3,4)5/h6-15,18,21-22,31-32H,16-17H2,1-5H3/b15-14+/t21-,22-/m1/s1. The van der Waals surface area contributed by atoms with Crippen molar-refractivity contribution in [1.29, 1.82) is 0 Å². The maximum Gasteiger partial charge on any atom is 0.308 e. The van der Waals surface area contributed by atoms with E-state index in [-0.39, 0.29) is 18.9 Å². The Morgan fingerprint density at radius 1 is 1.09 bits per heavy atom. The van der Waals surface area contributed by atoms with Crippen LogP contribution in [0.15, 0.2) is 59.1 Å². The maximum atomic E-state index is 12.0. The fraction of sp³-hybridized carbons (Fsp3) is 0.393. The van der Waals surface area contributed by atoms with Crippen LogP contribution in [0.25, 0.3) is 28.1 Å². The molecule has 34 heavy (non-hydrogen) atoms. The third-order valence-electron chi connectivity index (χ3n) is 5.41. The van der Waals surface area contributed by atoms with Crippen LogP contribution in [0.3, 0.4) is 0 Å². The normalized spacial score (nSPS) is 14.1. The number of aromatic nitrogens is 1. The molecule has 6 heteroatoms. The van der Waals surface area contributed by atoms with Crippen molar-refractivity contribution in [2.45, 2.75) is 71.3 Å². The number of carbonyl (C=O) groups excluding carboxylic acids is 1. The van der Waals surface area contributed by atoms with E-state index in [2.05, 4.69) is 58.6 Å². The maximum absolute atomic E-state index is 12.0. The van der Waals surface area contributed by atoms with Crippen LogP contribution in [0.1, 0.15) is 59.2 Å². The Bertz CT molecular complexity index is 1160. The van der Waals surface area contributed by atoms with E-state index in [1.807, 2.05) is 30.3 Å². The summed E-state index contributed by atoms with van der Waals surface area (Å²) in [5, 5.41) is 22.0. The molecule has 3 aromatic rings. The quantitative estimate of drug-likeness (QED) is 0.327. The Morgan fingerprint density at radius 2 is 1.74 bits per heavy atom. The van der Waals surface area contributed by atoms with E-state index in [1.54, 1.807) is 26.8 Å². The van der Waals surface area contributed by atoms with Crippen LogP contribution >= 0.6 is 15.9 Å². The number of rotatable bonds is 8. The molecule has 0 saturated carbocycles. The number of hydrogen-bond donors (Lipinski definition) is 2. The Labute approximate surface area is 210 Å². The number of para-hydroxylation sites is 1. The largest absolute Gasteiger partial charge is 0.460 e. The highest BCUT2D eigenvalue weighted by Crippen LogP contribution is 2.38. The van der Waals surface area contributed by atoms with Gasteiger partial charge in [0.05, 0.1) is 18.6 Å². The van der Waals surface area contributed by atoms with Gasteiger partial charge in [0.15, 0.2) is 0 Å². The third-order valence-corrected chi connectivity index (χ3v) is 5.94. The van der Waals surface area contributed by atoms with Crippen molar-refractivity contribution in [2.75, 3.05) is 0 Å². The second kappa shape index (κ2) is 10.9. The van der Waals surface area contributed by atoms with E-state index in [0.717, 1.165) is 32.2 Å². The summed E-state index contributed by atoms with van der Waals surface area (Å²) < 4.78 is 8.53. The lowest BCUT2D eigenvalue weighted by atomic mass is 10.0. The molecular formula is C28H34BrNO4. The molecule has 1 aromatic heterocycles. The fourth-order valence-electron chi connectivity index (χ4n) is 4.14. The van der Waals surface area contributed by atoms with Gasteiger partial charge in [-0.2, -0.15) is 0 Å². The fourth-order valence-corrected chi connectivity index (χ4v) is 4.41. The van der Waals surface area contributed by atoms with E-state index >= 15 is 0 Å². The van der Waals surface area contributed by atoms with Crippen LogP contribution in [-0.2, 0) is 9.53 Å². The number of aliphatic hydroxyl groups excluding tert-OH is 2. The zero-order valence-corrected chi connectivity index (χ0v) is 22.0. The molecule has 1 heterocycles. The molecule has 0 bridgehead atoms. The molecule has 0 amide bonds. The van der Waals surface area contributed by atoms with Gasteiger partial charge in [-0.05, 0) is 64.5 Å². The topological polar surface area (TPSA) is 71.7 Å². The van der Waals surface area contributed by atoms with Gasteiger partial charge in [0.25, 0.3) is 0 Å². The molecule has 0 aliphatic rings. The first kappa shape index (κ1) is 26.2. The Morgan fingerprint density at radius 3 is 2.35 bits per heavy atom. The summed E-state index contributed by atoms with van der Waals surface area (Å²) in [5.74, 6) is -0.478. The van der Waals surface area contributed by atoms with Crippen molar-refractivity contribution in [1.82, 2.24) is 4.57 Å². The molecular weight excluding hydrogens is 494 g/mol. The van der Waals surface area contributed by atoms with Gasteiger partial charge in [-0.15, -0.1) is 0 Å². The van der Waals surface area contributed by atoms with Gasteiger partial charge in [0.2, 0.25) is 0 Å². The van der Waals surface area contributed by atoms with Crippen molar-refractivity contribution in [2.24, 2.45) is 0 Å². The highest BCUT2D eigenvalue weighted by atomic mass is 79.9. The summed E-state index contributed by atoms with van der Waals surface area (Å²) >= 11 is 3.51. The van der Waals surface area contributed by atoms with E-state index in [4.69, 9.17) is 4.74 Å². The van der Waals surface area contributed by atoms with Gasteiger partial charge in [-0.3, -0.25) is 4.79 Å². The van der Waals surface area contributed by atoms with Crippen molar-refractivity contribution in [3.8, 4) is 11.1 Å². The first-order valence-electron chi connectivity index (χ1n) is 11.6. The van der Waals surface area contributed by atoms with E-state index in [0.29, 0.717) is 0 Å². The van der Waals surface area contributed by atoms with E-state index in [9.17, 15) is 15.0 Å².